The van der Waals surface area contributed by atoms with Crippen molar-refractivity contribution in [1.29, 1.82) is 0 Å². The maximum Gasteiger partial charge on any atom is 0.121 e. The van der Waals surface area contributed by atoms with Crippen LogP contribution in [-0.4, -0.2) is 29.6 Å². The Bertz CT molecular complexity index is 960. The lowest BCUT2D eigenvalue weighted by molar-refractivity contribution is 0.155. The number of benzene rings is 2. The molecule has 0 amide bonds. The standard InChI is InChI=1S/C22H24N2O/c1-15(22-12-16-8-10-24(22)11-9-16)14-25-17-6-7-19-18-4-2-3-5-20(18)23-21(19)13-17/h2-7,13,16,23H,8-12,14H2,1H3. The average Bonchev–Trinajstić information content (AvgIpc) is 3.04. The highest BCUT2D eigenvalue weighted by Crippen LogP contribution is 2.36. The molecular formula is C22H24N2O. The summed E-state index contributed by atoms with van der Waals surface area (Å²) in [6, 6.07) is 14.8. The van der Waals surface area contributed by atoms with E-state index in [9.17, 15) is 0 Å². The Balaban J connectivity index is 1.38. The van der Waals surface area contributed by atoms with Gasteiger partial charge in [0.15, 0.2) is 0 Å². The van der Waals surface area contributed by atoms with E-state index in [0.29, 0.717) is 6.61 Å². The third-order valence-electron chi connectivity index (χ3n) is 5.90. The van der Waals surface area contributed by atoms with Crippen LogP contribution in [0, 0.1) is 5.92 Å². The van der Waals surface area contributed by atoms with Gasteiger partial charge in [-0.2, -0.15) is 0 Å². The molecular weight excluding hydrogens is 308 g/mol. The van der Waals surface area contributed by atoms with Gasteiger partial charge in [-0.05, 0) is 55.9 Å². The number of rotatable bonds is 3. The Hall–Kier alpha value is -2.42. The van der Waals surface area contributed by atoms with Crippen LogP contribution >= 0.6 is 0 Å². The lowest BCUT2D eigenvalue weighted by Gasteiger charge is -2.43. The van der Waals surface area contributed by atoms with Crippen LogP contribution in [-0.2, 0) is 0 Å². The van der Waals surface area contributed by atoms with Crippen LogP contribution in [0.2, 0.25) is 0 Å². The molecule has 2 aromatic carbocycles. The topological polar surface area (TPSA) is 28.3 Å². The SMILES string of the molecule is CC(COc1ccc2c(c1)[nH]c1ccccc12)=C1CC2CCN1CC2. The highest BCUT2D eigenvalue weighted by molar-refractivity contribution is 6.07. The van der Waals surface area contributed by atoms with E-state index in [4.69, 9.17) is 4.74 Å². The van der Waals surface area contributed by atoms with Gasteiger partial charge in [0.2, 0.25) is 0 Å². The minimum atomic E-state index is 0.685. The molecule has 1 aromatic heterocycles. The van der Waals surface area contributed by atoms with Crippen molar-refractivity contribution < 1.29 is 4.74 Å². The maximum absolute atomic E-state index is 6.13. The Labute approximate surface area is 148 Å². The van der Waals surface area contributed by atoms with Gasteiger partial charge in [-0.15, -0.1) is 0 Å². The van der Waals surface area contributed by atoms with Crippen molar-refractivity contribution in [2.24, 2.45) is 5.92 Å². The second-order valence-corrected chi connectivity index (χ2v) is 7.53. The van der Waals surface area contributed by atoms with Crippen molar-refractivity contribution in [3.8, 4) is 5.75 Å². The number of allylic oxidation sites excluding steroid dienone is 1. The molecule has 25 heavy (non-hydrogen) atoms. The molecule has 2 bridgehead atoms. The second-order valence-electron chi connectivity index (χ2n) is 7.53. The molecule has 4 heterocycles. The molecule has 0 atom stereocenters. The van der Waals surface area contributed by atoms with E-state index in [1.54, 1.807) is 0 Å². The number of H-pyrrole nitrogens is 1. The van der Waals surface area contributed by atoms with Crippen molar-refractivity contribution in [3.63, 3.8) is 0 Å². The van der Waals surface area contributed by atoms with Crippen molar-refractivity contribution in [2.45, 2.75) is 26.2 Å². The van der Waals surface area contributed by atoms with Crippen LogP contribution in [0.25, 0.3) is 21.8 Å². The summed E-state index contributed by atoms with van der Waals surface area (Å²) in [5.74, 6) is 1.84. The summed E-state index contributed by atoms with van der Waals surface area (Å²) in [6.07, 6.45) is 3.99. The van der Waals surface area contributed by atoms with E-state index in [2.05, 4.69) is 59.3 Å². The van der Waals surface area contributed by atoms with E-state index in [1.165, 1.54) is 59.9 Å². The van der Waals surface area contributed by atoms with Crippen LogP contribution < -0.4 is 4.74 Å². The summed E-state index contributed by atoms with van der Waals surface area (Å²) in [5.41, 5.74) is 5.25. The highest BCUT2D eigenvalue weighted by Gasteiger charge is 2.29. The highest BCUT2D eigenvalue weighted by atomic mass is 16.5. The third kappa shape index (κ3) is 2.58. The van der Waals surface area contributed by atoms with Gasteiger partial charge in [0.1, 0.15) is 12.4 Å². The number of aromatic nitrogens is 1. The minimum Gasteiger partial charge on any atom is -0.489 e. The van der Waals surface area contributed by atoms with Crippen molar-refractivity contribution in [2.75, 3.05) is 19.7 Å². The summed E-state index contributed by atoms with van der Waals surface area (Å²) in [6.45, 7) is 5.39. The Morgan fingerprint density at radius 2 is 1.88 bits per heavy atom. The summed E-state index contributed by atoms with van der Waals surface area (Å²) >= 11 is 0. The lowest BCUT2D eigenvalue weighted by Crippen LogP contribution is -2.40. The van der Waals surface area contributed by atoms with Crippen molar-refractivity contribution in [1.82, 2.24) is 9.88 Å². The van der Waals surface area contributed by atoms with Gasteiger partial charge in [-0.1, -0.05) is 18.2 Å². The van der Waals surface area contributed by atoms with Crippen LogP contribution in [0.5, 0.6) is 5.75 Å². The van der Waals surface area contributed by atoms with E-state index in [1.807, 2.05) is 0 Å². The minimum absolute atomic E-state index is 0.685. The zero-order valence-electron chi connectivity index (χ0n) is 14.7. The number of hydrogen-bond donors (Lipinski definition) is 1. The first-order valence-electron chi connectivity index (χ1n) is 9.35. The predicted octanol–water partition coefficient (Wildman–Crippen LogP) is 5.09. The number of aromatic amines is 1. The molecule has 3 nitrogen and oxygen atoms in total. The molecule has 3 aliphatic heterocycles. The molecule has 3 aromatic rings. The van der Waals surface area contributed by atoms with E-state index in [-0.39, 0.29) is 0 Å². The fourth-order valence-corrected chi connectivity index (χ4v) is 4.45. The van der Waals surface area contributed by atoms with Gasteiger partial charge in [-0.25, -0.2) is 0 Å². The fraction of sp³-hybridized carbons (Fsp3) is 0.364. The van der Waals surface area contributed by atoms with Gasteiger partial charge >= 0.3 is 0 Å². The Kier molecular flexibility index (Phi) is 3.47. The van der Waals surface area contributed by atoms with Gasteiger partial charge in [0.05, 0.1) is 5.52 Å². The molecule has 1 N–H and O–H groups in total. The van der Waals surface area contributed by atoms with Gasteiger partial charge < -0.3 is 14.6 Å². The Morgan fingerprint density at radius 1 is 1.08 bits per heavy atom. The van der Waals surface area contributed by atoms with Crippen molar-refractivity contribution in [3.05, 3.63) is 53.7 Å². The zero-order valence-corrected chi connectivity index (χ0v) is 14.7. The lowest BCUT2D eigenvalue weighted by atomic mass is 9.85. The number of nitrogens with zero attached hydrogens (tertiary/aromatic N) is 1. The quantitative estimate of drug-likeness (QED) is 0.723. The number of fused-ring (bicyclic) bond motifs is 6. The molecule has 0 radical (unpaired) electrons. The van der Waals surface area contributed by atoms with Gasteiger partial charge in [0.25, 0.3) is 0 Å². The van der Waals surface area contributed by atoms with Crippen molar-refractivity contribution >= 4 is 21.8 Å². The molecule has 3 aliphatic rings. The molecule has 0 unspecified atom stereocenters. The summed E-state index contributed by atoms with van der Waals surface area (Å²) in [4.78, 5) is 6.06. The summed E-state index contributed by atoms with van der Waals surface area (Å²) in [5, 5.41) is 2.53. The van der Waals surface area contributed by atoms with Crippen LogP contribution in [0.1, 0.15) is 26.2 Å². The molecule has 3 saturated heterocycles. The number of para-hydroxylation sites is 1. The van der Waals surface area contributed by atoms with Crippen LogP contribution in [0.3, 0.4) is 0 Å². The number of piperidine rings is 3. The Morgan fingerprint density at radius 3 is 2.68 bits per heavy atom. The number of nitrogens with one attached hydrogen (secondary N) is 1. The van der Waals surface area contributed by atoms with E-state index >= 15 is 0 Å². The smallest absolute Gasteiger partial charge is 0.121 e. The second kappa shape index (κ2) is 5.83. The first-order chi connectivity index (χ1) is 12.3. The molecule has 0 spiro atoms. The molecule has 3 fully saturated rings. The maximum atomic E-state index is 6.13. The first kappa shape index (κ1) is 14.9. The molecule has 0 saturated carbocycles. The predicted molar refractivity (Wildman–Crippen MR) is 103 cm³/mol. The van der Waals surface area contributed by atoms with E-state index in [0.717, 1.165) is 17.2 Å². The number of hydrogen-bond acceptors (Lipinski definition) is 2. The molecule has 0 aliphatic carbocycles. The third-order valence-corrected chi connectivity index (χ3v) is 5.90. The summed E-state index contributed by atoms with van der Waals surface area (Å²) < 4.78 is 6.13. The van der Waals surface area contributed by atoms with Gasteiger partial charge in [0, 0.05) is 41.1 Å². The summed E-state index contributed by atoms with van der Waals surface area (Å²) in [7, 11) is 0. The normalized spacial score (nSPS) is 19.8. The van der Waals surface area contributed by atoms with Crippen LogP contribution in [0.4, 0.5) is 0 Å². The first-order valence-corrected chi connectivity index (χ1v) is 9.35. The van der Waals surface area contributed by atoms with Gasteiger partial charge in [-0.3, -0.25) is 0 Å². The average molecular weight is 332 g/mol. The largest absolute Gasteiger partial charge is 0.489 e. The monoisotopic (exact) mass is 332 g/mol. The number of ether oxygens (including phenoxy) is 1. The fourth-order valence-electron chi connectivity index (χ4n) is 4.45. The molecule has 128 valence electrons. The van der Waals surface area contributed by atoms with Crippen LogP contribution in [0.15, 0.2) is 53.7 Å². The molecule has 3 heteroatoms. The van der Waals surface area contributed by atoms with E-state index < -0.39 is 0 Å². The molecule has 6 rings (SSSR count). The zero-order chi connectivity index (χ0) is 16.8.